The normalized spacial score (nSPS) is 16.4. The molecule has 0 aliphatic heterocycles. The van der Waals surface area contributed by atoms with Gasteiger partial charge in [-0.2, -0.15) is 0 Å². The summed E-state index contributed by atoms with van der Waals surface area (Å²) in [6.45, 7) is 9.40. The molecule has 0 radical (unpaired) electrons. The smallest absolute Gasteiger partial charge is 0.114 e. The molecule has 0 atom stereocenters. The number of imidazole rings is 1. The summed E-state index contributed by atoms with van der Waals surface area (Å²) in [5.74, 6) is 1.06. The summed E-state index contributed by atoms with van der Waals surface area (Å²) in [6.07, 6.45) is 4.28. The second kappa shape index (κ2) is 4.45. The van der Waals surface area contributed by atoms with Crippen LogP contribution in [0.4, 0.5) is 0 Å². The number of rotatable bonds is 3. The van der Waals surface area contributed by atoms with Crippen LogP contribution < -0.4 is 5.73 Å². The van der Waals surface area contributed by atoms with Gasteiger partial charge in [0, 0.05) is 17.5 Å². The molecule has 1 aliphatic carbocycles. The molecule has 0 saturated heterocycles. The Morgan fingerprint density at radius 3 is 2.25 bits per heavy atom. The van der Waals surface area contributed by atoms with E-state index in [9.17, 15) is 0 Å². The van der Waals surface area contributed by atoms with Crippen LogP contribution in [0.1, 0.15) is 40.9 Å². The summed E-state index contributed by atoms with van der Waals surface area (Å²) in [4.78, 5) is 8.13. The Balaban J connectivity index is 2.11. The summed E-state index contributed by atoms with van der Waals surface area (Å²) in [7, 11) is 0. The van der Waals surface area contributed by atoms with Gasteiger partial charge in [0.05, 0.1) is 11.9 Å². The Hall–Kier alpha value is -1.61. The van der Waals surface area contributed by atoms with Crippen LogP contribution in [0.3, 0.4) is 0 Å². The van der Waals surface area contributed by atoms with Crippen LogP contribution in [0.25, 0.3) is 11.3 Å². The van der Waals surface area contributed by atoms with E-state index in [0.717, 1.165) is 24.4 Å². The van der Waals surface area contributed by atoms with E-state index in [4.69, 9.17) is 5.73 Å². The molecule has 1 aliphatic rings. The minimum Gasteiger partial charge on any atom is -0.341 e. The first-order chi connectivity index (χ1) is 9.48. The fourth-order valence-corrected chi connectivity index (χ4v) is 3.03. The van der Waals surface area contributed by atoms with Crippen molar-refractivity contribution >= 4 is 0 Å². The number of aromatic amines is 1. The molecule has 0 bridgehead atoms. The average Bonchev–Trinajstić information content (AvgIpc) is 3.08. The summed E-state index contributed by atoms with van der Waals surface area (Å²) in [5.41, 5.74) is 13.8. The topological polar surface area (TPSA) is 54.7 Å². The van der Waals surface area contributed by atoms with Gasteiger partial charge >= 0.3 is 0 Å². The van der Waals surface area contributed by atoms with Gasteiger partial charge in [-0.05, 0) is 62.8 Å². The zero-order chi connectivity index (χ0) is 14.5. The molecule has 3 N–H and O–H groups in total. The van der Waals surface area contributed by atoms with E-state index in [-0.39, 0.29) is 5.41 Å². The van der Waals surface area contributed by atoms with Gasteiger partial charge in [0.2, 0.25) is 0 Å². The van der Waals surface area contributed by atoms with E-state index in [1.807, 2.05) is 6.20 Å². The third-order valence-electron chi connectivity index (χ3n) is 4.96. The maximum Gasteiger partial charge on any atom is 0.114 e. The largest absolute Gasteiger partial charge is 0.341 e. The molecule has 3 heteroatoms. The third kappa shape index (κ3) is 1.88. The average molecular weight is 269 g/mol. The number of aryl methyl sites for hydroxylation is 2. The van der Waals surface area contributed by atoms with E-state index in [0.29, 0.717) is 6.54 Å². The van der Waals surface area contributed by atoms with Crippen molar-refractivity contribution in [1.82, 2.24) is 9.97 Å². The van der Waals surface area contributed by atoms with Crippen molar-refractivity contribution < 1.29 is 0 Å². The van der Waals surface area contributed by atoms with Crippen LogP contribution in [-0.4, -0.2) is 16.5 Å². The van der Waals surface area contributed by atoms with Crippen molar-refractivity contribution in [2.75, 3.05) is 6.54 Å². The van der Waals surface area contributed by atoms with Gasteiger partial charge in [-0.25, -0.2) is 4.98 Å². The number of nitrogens with zero attached hydrogens (tertiary/aromatic N) is 1. The molecule has 0 amide bonds. The number of benzene rings is 1. The number of nitrogens with two attached hydrogens (primary N) is 1. The number of hydrogen-bond donors (Lipinski definition) is 2. The lowest BCUT2D eigenvalue weighted by molar-refractivity contribution is 0.659. The zero-order valence-electron chi connectivity index (χ0n) is 12.8. The van der Waals surface area contributed by atoms with Crippen molar-refractivity contribution in [2.24, 2.45) is 5.73 Å². The van der Waals surface area contributed by atoms with Gasteiger partial charge in [0.25, 0.3) is 0 Å². The van der Waals surface area contributed by atoms with E-state index in [2.05, 4.69) is 43.7 Å². The maximum absolute atomic E-state index is 5.90. The van der Waals surface area contributed by atoms with E-state index >= 15 is 0 Å². The van der Waals surface area contributed by atoms with Crippen LogP contribution in [0.2, 0.25) is 0 Å². The highest BCUT2D eigenvalue weighted by molar-refractivity contribution is 5.70. The minimum absolute atomic E-state index is 0.124. The van der Waals surface area contributed by atoms with E-state index in [1.54, 1.807) is 0 Å². The first-order valence-electron chi connectivity index (χ1n) is 7.32. The molecule has 20 heavy (non-hydrogen) atoms. The third-order valence-corrected chi connectivity index (χ3v) is 4.96. The highest BCUT2D eigenvalue weighted by atomic mass is 15.0. The Kier molecular flexibility index (Phi) is 2.98. The Morgan fingerprint density at radius 1 is 1.15 bits per heavy atom. The minimum atomic E-state index is 0.124. The summed E-state index contributed by atoms with van der Waals surface area (Å²) >= 11 is 0. The van der Waals surface area contributed by atoms with Gasteiger partial charge in [0.1, 0.15) is 5.82 Å². The highest BCUT2D eigenvalue weighted by Crippen LogP contribution is 2.46. The molecule has 106 valence electrons. The lowest BCUT2D eigenvalue weighted by Gasteiger charge is -2.14. The Labute approximate surface area is 120 Å². The van der Waals surface area contributed by atoms with Gasteiger partial charge in [-0.15, -0.1) is 0 Å². The molecule has 1 aromatic carbocycles. The number of H-pyrrole nitrogens is 1. The summed E-state index contributed by atoms with van der Waals surface area (Å²) < 4.78 is 0. The SMILES string of the molecule is Cc1cc(C)c(C)c(-c2cnc(C3(CN)CC3)[nH]2)c1C. The molecule has 1 heterocycles. The first-order valence-corrected chi connectivity index (χ1v) is 7.32. The van der Waals surface area contributed by atoms with Crippen LogP contribution in [0.15, 0.2) is 12.3 Å². The van der Waals surface area contributed by atoms with Crippen molar-refractivity contribution in [3.8, 4) is 11.3 Å². The quantitative estimate of drug-likeness (QED) is 0.898. The summed E-state index contributed by atoms with van der Waals surface area (Å²) in [5, 5.41) is 0. The first kappa shape index (κ1) is 13.4. The molecular formula is C17H23N3. The van der Waals surface area contributed by atoms with Gasteiger partial charge in [0.15, 0.2) is 0 Å². The second-order valence-corrected chi connectivity index (χ2v) is 6.27. The van der Waals surface area contributed by atoms with Crippen molar-refractivity contribution in [2.45, 2.75) is 46.0 Å². The predicted molar refractivity (Wildman–Crippen MR) is 82.9 cm³/mol. The van der Waals surface area contributed by atoms with Crippen LogP contribution in [0, 0.1) is 27.7 Å². The standard InChI is InChI=1S/C17H23N3/c1-10-7-11(2)13(4)15(12(10)3)14-8-19-16(20-14)17(9-18)5-6-17/h7-8H,5-6,9,18H2,1-4H3,(H,19,20). The van der Waals surface area contributed by atoms with Crippen LogP contribution in [0.5, 0.6) is 0 Å². The molecule has 1 saturated carbocycles. The van der Waals surface area contributed by atoms with Gasteiger partial charge in [-0.1, -0.05) is 6.07 Å². The Morgan fingerprint density at radius 2 is 1.75 bits per heavy atom. The van der Waals surface area contributed by atoms with E-state index in [1.165, 1.54) is 27.8 Å². The fourth-order valence-electron chi connectivity index (χ4n) is 3.03. The lowest BCUT2D eigenvalue weighted by Crippen LogP contribution is -2.21. The zero-order valence-corrected chi connectivity index (χ0v) is 12.8. The molecule has 0 unspecified atom stereocenters. The monoisotopic (exact) mass is 269 g/mol. The van der Waals surface area contributed by atoms with Crippen LogP contribution >= 0.6 is 0 Å². The highest BCUT2D eigenvalue weighted by Gasteiger charge is 2.45. The molecule has 3 nitrogen and oxygen atoms in total. The molecule has 0 spiro atoms. The molecule has 1 fully saturated rings. The van der Waals surface area contributed by atoms with Gasteiger partial charge < -0.3 is 10.7 Å². The summed E-state index contributed by atoms with van der Waals surface area (Å²) in [6, 6.07) is 2.26. The predicted octanol–water partition coefficient (Wildman–Crippen LogP) is 3.30. The van der Waals surface area contributed by atoms with E-state index < -0.39 is 0 Å². The fraction of sp³-hybridized carbons (Fsp3) is 0.471. The van der Waals surface area contributed by atoms with Crippen LogP contribution in [-0.2, 0) is 5.41 Å². The molecule has 2 aromatic rings. The number of nitrogens with one attached hydrogen (secondary N) is 1. The maximum atomic E-state index is 5.90. The Bertz CT molecular complexity index is 637. The molecular weight excluding hydrogens is 246 g/mol. The van der Waals surface area contributed by atoms with Crippen molar-refractivity contribution in [1.29, 1.82) is 0 Å². The van der Waals surface area contributed by atoms with Gasteiger partial charge in [-0.3, -0.25) is 0 Å². The van der Waals surface area contributed by atoms with Crippen molar-refractivity contribution in [3.05, 3.63) is 40.3 Å². The molecule has 1 aromatic heterocycles. The number of aromatic nitrogens is 2. The number of hydrogen-bond acceptors (Lipinski definition) is 2. The molecule has 3 rings (SSSR count). The van der Waals surface area contributed by atoms with Crippen molar-refractivity contribution in [3.63, 3.8) is 0 Å². The second-order valence-electron chi connectivity index (χ2n) is 6.27. The lowest BCUT2D eigenvalue weighted by atomic mass is 9.92.